The Morgan fingerprint density at radius 1 is 1.21 bits per heavy atom. The quantitative estimate of drug-likeness (QED) is 0.708. The van der Waals surface area contributed by atoms with Crippen LogP contribution in [0.2, 0.25) is 0 Å². The Morgan fingerprint density at radius 2 is 2.05 bits per heavy atom. The number of ether oxygens (including phenoxy) is 1. The molecule has 0 bridgehead atoms. The van der Waals surface area contributed by atoms with Gasteiger partial charge < -0.3 is 10.1 Å². The molecule has 1 saturated heterocycles. The monoisotopic (exact) mass is 267 g/mol. The van der Waals surface area contributed by atoms with E-state index in [9.17, 15) is 0 Å². The van der Waals surface area contributed by atoms with Crippen LogP contribution in [-0.4, -0.2) is 24.8 Å². The van der Waals surface area contributed by atoms with Gasteiger partial charge in [-0.3, -0.25) is 0 Å². The van der Waals surface area contributed by atoms with Gasteiger partial charge in [0.25, 0.3) is 0 Å². The summed E-state index contributed by atoms with van der Waals surface area (Å²) in [6.45, 7) is 6.77. The van der Waals surface area contributed by atoms with E-state index in [2.05, 4.69) is 19.2 Å². The highest BCUT2D eigenvalue weighted by Crippen LogP contribution is 2.45. The number of hydrogen-bond acceptors (Lipinski definition) is 2. The lowest BCUT2D eigenvalue weighted by atomic mass is 9.71. The Kier molecular flexibility index (Phi) is 6.15. The molecule has 2 unspecified atom stereocenters. The Hall–Kier alpha value is -0.0800. The van der Waals surface area contributed by atoms with E-state index in [1.165, 1.54) is 70.8 Å². The summed E-state index contributed by atoms with van der Waals surface area (Å²) in [5.74, 6) is 0.928. The second kappa shape index (κ2) is 7.64. The Balaban J connectivity index is 1.70. The van der Waals surface area contributed by atoms with Gasteiger partial charge in [-0.1, -0.05) is 20.3 Å². The molecule has 1 N–H and O–H groups in total. The molecule has 2 aliphatic rings. The Labute approximate surface area is 119 Å². The van der Waals surface area contributed by atoms with Gasteiger partial charge in [-0.05, 0) is 70.3 Å². The average molecular weight is 267 g/mol. The predicted molar refractivity (Wildman–Crippen MR) is 81.5 cm³/mol. The van der Waals surface area contributed by atoms with Crippen molar-refractivity contribution in [3.8, 4) is 0 Å². The van der Waals surface area contributed by atoms with Crippen molar-refractivity contribution in [3.05, 3.63) is 0 Å². The highest BCUT2D eigenvalue weighted by molar-refractivity contribution is 4.94. The van der Waals surface area contributed by atoms with Crippen LogP contribution in [0.1, 0.15) is 78.1 Å². The van der Waals surface area contributed by atoms with Gasteiger partial charge in [0.1, 0.15) is 0 Å². The maximum absolute atomic E-state index is 6.04. The molecule has 112 valence electrons. The van der Waals surface area contributed by atoms with Crippen LogP contribution in [0.15, 0.2) is 0 Å². The molecular weight excluding hydrogens is 234 g/mol. The van der Waals surface area contributed by atoms with Crippen LogP contribution in [0.4, 0.5) is 0 Å². The minimum Gasteiger partial charge on any atom is -0.375 e. The first kappa shape index (κ1) is 15.3. The van der Waals surface area contributed by atoms with Gasteiger partial charge in [0.2, 0.25) is 0 Å². The molecule has 0 radical (unpaired) electrons. The molecule has 2 rings (SSSR count). The van der Waals surface area contributed by atoms with E-state index in [1.807, 2.05) is 0 Å². The fraction of sp³-hybridized carbons (Fsp3) is 1.00. The molecule has 0 aromatic heterocycles. The zero-order valence-corrected chi connectivity index (χ0v) is 13.0. The van der Waals surface area contributed by atoms with E-state index in [0.29, 0.717) is 5.60 Å². The van der Waals surface area contributed by atoms with E-state index in [1.54, 1.807) is 0 Å². The van der Waals surface area contributed by atoms with Crippen molar-refractivity contribution in [1.29, 1.82) is 0 Å². The van der Waals surface area contributed by atoms with Crippen LogP contribution >= 0.6 is 0 Å². The molecule has 2 atom stereocenters. The largest absolute Gasteiger partial charge is 0.375 e. The molecule has 1 heterocycles. The summed E-state index contributed by atoms with van der Waals surface area (Å²) in [4.78, 5) is 0. The first-order chi connectivity index (χ1) is 9.28. The molecule has 1 aliphatic heterocycles. The van der Waals surface area contributed by atoms with Crippen molar-refractivity contribution in [1.82, 2.24) is 5.32 Å². The number of rotatable bonds is 8. The molecule has 2 heteroatoms. The van der Waals surface area contributed by atoms with Crippen LogP contribution in [0.5, 0.6) is 0 Å². The van der Waals surface area contributed by atoms with Crippen molar-refractivity contribution in [2.75, 3.05) is 13.2 Å². The first-order valence-electron chi connectivity index (χ1n) is 8.65. The molecule has 19 heavy (non-hydrogen) atoms. The van der Waals surface area contributed by atoms with Gasteiger partial charge in [-0.25, -0.2) is 0 Å². The van der Waals surface area contributed by atoms with Crippen molar-refractivity contribution < 1.29 is 4.74 Å². The number of hydrogen-bond donors (Lipinski definition) is 1. The predicted octanol–water partition coefficient (Wildman–Crippen LogP) is 4.28. The van der Waals surface area contributed by atoms with E-state index in [0.717, 1.165) is 18.6 Å². The molecule has 1 saturated carbocycles. The van der Waals surface area contributed by atoms with E-state index < -0.39 is 0 Å². The zero-order valence-electron chi connectivity index (χ0n) is 13.0. The summed E-state index contributed by atoms with van der Waals surface area (Å²) in [5, 5.41) is 3.73. The molecular formula is C17H33NO. The van der Waals surface area contributed by atoms with Gasteiger partial charge in [0.05, 0.1) is 5.60 Å². The summed E-state index contributed by atoms with van der Waals surface area (Å²) in [6.07, 6.45) is 13.4. The minimum absolute atomic E-state index is 0.333. The van der Waals surface area contributed by atoms with Gasteiger partial charge >= 0.3 is 0 Å². The van der Waals surface area contributed by atoms with Gasteiger partial charge in [0, 0.05) is 12.6 Å². The molecule has 0 aromatic carbocycles. The van der Waals surface area contributed by atoms with Crippen LogP contribution in [0, 0.1) is 5.92 Å². The Morgan fingerprint density at radius 3 is 2.68 bits per heavy atom. The van der Waals surface area contributed by atoms with Gasteiger partial charge in [-0.2, -0.15) is 0 Å². The molecule has 2 nitrogen and oxygen atoms in total. The van der Waals surface area contributed by atoms with Crippen molar-refractivity contribution in [3.63, 3.8) is 0 Å². The first-order valence-corrected chi connectivity index (χ1v) is 8.65. The molecule has 1 spiro atoms. The van der Waals surface area contributed by atoms with E-state index in [4.69, 9.17) is 4.74 Å². The normalized spacial score (nSPS) is 27.2. The lowest BCUT2D eigenvalue weighted by Gasteiger charge is -2.47. The number of nitrogens with one attached hydrogen (secondary N) is 1. The molecule has 0 aromatic rings. The maximum atomic E-state index is 6.04. The summed E-state index contributed by atoms with van der Waals surface area (Å²) in [6, 6.07) is 0.755. The fourth-order valence-electron chi connectivity index (χ4n) is 3.78. The Bertz CT molecular complexity index is 250. The third-order valence-corrected chi connectivity index (χ3v) is 5.10. The topological polar surface area (TPSA) is 21.3 Å². The highest BCUT2D eigenvalue weighted by atomic mass is 16.5. The van der Waals surface area contributed by atoms with Crippen LogP contribution in [0.25, 0.3) is 0 Å². The van der Waals surface area contributed by atoms with Crippen molar-refractivity contribution >= 4 is 0 Å². The summed E-state index contributed by atoms with van der Waals surface area (Å²) >= 11 is 0. The van der Waals surface area contributed by atoms with E-state index in [-0.39, 0.29) is 0 Å². The maximum Gasteiger partial charge on any atom is 0.0685 e. The SMILES string of the molecule is CCCNC(CCC)CCC1CCOC2(CCC2)C1. The molecule has 0 amide bonds. The van der Waals surface area contributed by atoms with Crippen LogP contribution < -0.4 is 5.32 Å². The zero-order chi connectivity index (χ0) is 13.6. The lowest BCUT2D eigenvalue weighted by molar-refractivity contribution is -0.144. The van der Waals surface area contributed by atoms with Crippen molar-refractivity contribution in [2.24, 2.45) is 5.92 Å². The smallest absolute Gasteiger partial charge is 0.0685 e. The fourth-order valence-corrected chi connectivity index (χ4v) is 3.78. The summed E-state index contributed by atoms with van der Waals surface area (Å²) < 4.78 is 6.04. The third-order valence-electron chi connectivity index (χ3n) is 5.10. The molecule has 2 fully saturated rings. The standard InChI is InChI=1S/C17H33NO/c1-3-6-16(18-12-4-2)8-7-15-9-13-19-17(14-15)10-5-11-17/h15-16,18H,3-14H2,1-2H3. The third kappa shape index (κ3) is 4.46. The van der Waals surface area contributed by atoms with Crippen LogP contribution in [0.3, 0.4) is 0 Å². The van der Waals surface area contributed by atoms with Crippen LogP contribution in [-0.2, 0) is 4.74 Å². The summed E-state index contributed by atoms with van der Waals surface area (Å²) in [7, 11) is 0. The van der Waals surface area contributed by atoms with Crippen molar-refractivity contribution in [2.45, 2.75) is 89.7 Å². The second-order valence-corrected chi connectivity index (χ2v) is 6.76. The van der Waals surface area contributed by atoms with E-state index >= 15 is 0 Å². The lowest BCUT2D eigenvalue weighted by Crippen LogP contribution is -2.45. The highest BCUT2D eigenvalue weighted by Gasteiger charge is 2.42. The summed E-state index contributed by atoms with van der Waals surface area (Å²) in [5.41, 5.74) is 0.333. The minimum atomic E-state index is 0.333. The van der Waals surface area contributed by atoms with Gasteiger partial charge in [-0.15, -0.1) is 0 Å². The second-order valence-electron chi connectivity index (χ2n) is 6.76. The van der Waals surface area contributed by atoms with Gasteiger partial charge in [0.15, 0.2) is 0 Å². The molecule has 1 aliphatic carbocycles. The average Bonchev–Trinajstić information content (AvgIpc) is 2.40.